The number of sulfonamides is 1. The van der Waals surface area contributed by atoms with Gasteiger partial charge in [-0.05, 0) is 56.7 Å². The van der Waals surface area contributed by atoms with Gasteiger partial charge in [0.25, 0.3) is 10.0 Å². The van der Waals surface area contributed by atoms with E-state index in [4.69, 9.17) is 23.2 Å². The second-order valence-corrected chi connectivity index (χ2v) is 11.8. The number of nitrogens with zero attached hydrogens (tertiary/aromatic N) is 2. The summed E-state index contributed by atoms with van der Waals surface area (Å²) in [6.07, 6.45) is 0.665. The van der Waals surface area contributed by atoms with Crippen LogP contribution < -0.4 is 9.62 Å². The Labute approximate surface area is 238 Å². The highest BCUT2D eigenvalue weighted by Crippen LogP contribution is 2.30. The number of anilines is 1. The molecule has 0 spiro atoms. The number of rotatable bonds is 11. The van der Waals surface area contributed by atoms with Crippen molar-refractivity contribution in [2.24, 2.45) is 0 Å². The van der Waals surface area contributed by atoms with Gasteiger partial charge in [0.15, 0.2) is 0 Å². The third-order valence-electron chi connectivity index (χ3n) is 6.21. The molecule has 39 heavy (non-hydrogen) atoms. The minimum atomic E-state index is -4.27. The maximum absolute atomic E-state index is 14.6. The van der Waals surface area contributed by atoms with Crippen LogP contribution in [0.3, 0.4) is 0 Å². The molecule has 3 aromatic carbocycles. The summed E-state index contributed by atoms with van der Waals surface area (Å²) in [5, 5.41) is 3.17. The summed E-state index contributed by atoms with van der Waals surface area (Å²) in [5.74, 6) is -1.72. The molecule has 0 fully saturated rings. The summed E-state index contributed by atoms with van der Waals surface area (Å²) in [7, 11) is -4.27. The fourth-order valence-electron chi connectivity index (χ4n) is 3.79. The SMILES string of the molecule is CC[C@H](C)NC(=O)[C@H](C)N(Cc1ccccc1F)C(=O)CN(c1cc(Cl)cc(Cl)c1)S(=O)(=O)c1ccccc1. The molecule has 7 nitrogen and oxygen atoms in total. The molecular formula is C28H30Cl2FN3O4S. The predicted molar refractivity (Wildman–Crippen MR) is 152 cm³/mol. The highest BCUT2D eigenvalue weighted by atomic mass is 35.5. The lowest BCUT2D eigenvalue weighted by molar-refractivity contribution is -0.139. The Kier molecular flexibility index (Phi) is 10.4. The second kappa shape index (κ2) is 13.3. The third-order valence-corrected chi connectivity index (χ3v) is 8.44. The number of hydrogen-bond acceptors (Lipinski definition) is 4. The zero-order valence-corrected chi connectivity index (χ0v) is 24.1. The lowest BCUT2D eigenvalue weighted by Crippen LogP contribution is -2.52. The van der Waals surface area contributed by atoms with Gasteiger partial charge in [-0.15, -0.1) is 0 Å². The topological polar surface area (TPSA) is 86.8 Å². The molecule has 11 heteroatoms. The van der Waals surface area contributed by atoms with E-state index >= 15 is 0 Å². The average Bonchev–Trinajstić information content (AvgIpc) is 2.90. The molecule has 2 amide bonds. The van der Waals surface area contributed by atoms with Crippen LogP contribution in [-0.4, -0.2) is 43.8 Å². The Morgan fingerprint density at radius 2 is 1.54 bits per heavy atom. The van der Waals surface area contributed by atoms with E-state index in [0.29, 0.717) is 6.42 Å². The minimum Gasteiger partial charge on any atom is -0.352 e. The van der Waals surface area contributed by atoms with Crippen molar-refractivity contribution in [3.05, 3.63) is 94.2 Å². The molecule has 0 aliphatic rings. The molecule has 0 radical (unpaired) electrons. The summed E-state index contributed by atoms with van der Waals surface area (Å²) in [6.45, 7) is 4.30. The third kappa shape index (κ3) is 7.71. The van der Waals surface area contributed by atoms with Crippen molar-refractivity contribution in [1.29, 1.82) is 0 Å². The summed E-state index contributed by atoms with van der Waals surface area (Å²) >= 11 is 12.3. The predicted octanol–water partition coefficient (Wildman–Crippen LogP) is 5.66. The van der Waals surface area contributed by atoms with Crippen LogP contribution in [-0.2, 0) is 26.2 Å². The molecule has 0 saturated carbocycles. The van der Waals surface area contributed by atoms with Gasteiger partial charge in [-0.3, -0.25) is 13.9 Å². The molecule has 2 atom stereocenters. The number of carbonyl (C=O) groups excluding carboxylic acids is 2. The van der Waals surface area contributed by atoms with Crippen LogP contribution in [0.4, 0.5) is 10.1 Å². The first-order chi connectivity index (χ1) is 18.4. The molecule has 0 bridgehead atoms. The average molecular weight is 595 g/mol. The van der Waals surface area contributed by atoms with Crippen molar-refractivity contribution in [2.75, 3.05) is 10.8 Å². The molecule has 0 heterocycles. The number of amides is 2. The van der Waals surface area contributed by atoms with Gasteiger partial charge in [0.1, 0.15) is 18.4 Å². The molecule has 0 aromatic heterocycles. The van der Waals surface area contributed by atoms with E-state index in [0.717, 1.165) is 9.21 Å². The van der Waals surface area contributed by atoms with Gasteiger partial charge in [0.2, 0.25) is 11.8 Å². The molecule has 3 rings (SSSR count). The fraction of sp³-hybridized carbons (Fsp3) is 0.286. The molecule has 1 N–H and O–H groups in total. The van der Waals surface area contributed by atoms with E-state index < -0.39 is 40.2 Å². The standard InChI is InChI=1S/C28H30Cl2FN3O4S/c1-4-19(2)32-28(36)20(3)33(17-21-10-8-9-13-26(21)31)27(35)18-34(24-15-22(29)14-23(30)16-24)39(37,38)25-11-6-5-7-12-25/h5-16,19-20H,4,17-18H2,1-3H3,(H,32,36)/t19-,20-/m0/s1. The summed E-state index contributed by atoms with van der Waals surface area (Å²) in [4.78, 5) is 28.0. The zero-order valence-electron chi connectivity index (χ0n) is 21.8. The molecule has 0 unspecified atom stereocenters. The van der Waals surface area contributed by atoms with Gasteiger partial charge >= 0.3 is 0 Å². The van der Waals surface area contributed by atoms with Crippen LogP contribution >= 0.6 is 23.2 Å². The van der Waals surface area contributed by atoms with E-state index in [1.54, 1.807) is 24.3 Å². The number of carbonyl (C=O) groups is 2. The van der Waals surface area contributed by atoms with Crippen LogP contribution in [0.5, 0.6) is 0 Å². The highest BCUT2D eigenvalue weighted by Gasteiger charge is 2.33. The fourth-order valence-corrected chi connectivity index (χ4v) is 5.72. The number of nitrogens with one attached hydrogen (secondary N) is 1. The first-order valence-corrected chi connectivity index (χ1v) is 14.5. The summed E-state index contributed by atoms with van der Waals surface area (Å²) in [6, 6.07) is 16.5. The Balaban J connectivity index is 2.06. The zero-order chi connectivity index (χ0) is 28.7. The van der Waals surface area contributed by atoms with Gasteiger partial charge in [0.05, 0.1) is 10.6 Å². The van der Waals surface area contributed by atoms with Gasteiger partial charge in [-0.1, -0.05) is 66.5 Å². The highest BCUT2D eigenvalue weighted by molar-refractivity contribution is 7.92. The lowest BCUT2D eigenvalue weighted by atomic mass is 10.1. The molecule has 3 aromatic rings. The normalized spacial score (nSPS) is 12.9. The number of halogens is 3. The smallest absolute Gasteiger partial charge is 0.264 e. The van der Waals surface area contributed by atoms with Gasteiger partial charge in [-0.2, -0.15) is 0 Å². The van der Waals surface area contributed by atoms with E-state index in [2.05, 4.69) is 5.32 Å². The maximum Gasteiger partial charge on any atom is 0.264 e. The van der Waals surface area contributed by atoms with Crippen LogP contribution in [0.2, 0.25) is 10.0 Å². The number of hydrogen-bond donors (Lipinski definition) is 1. The molecule has 0 saturated heterocycles. The summed E-state index contributed by atoms with van der Waals surface area (Å²) < 4.78 is 43.0. The molecular weight excluding hydrogens is 564 g/mol. The van der Waals surface area contributed by atoms with Crippen molar-refractivity contribution in [3.63, 3.8) is 0 Å². The Morgan fingerprint density at radius 1 is 0.949 bits per heavy atom. The van der Waals surface area contributed by atoms with Crippen LogP contribution in [0.1, 0.15) is 32.8 Å². The van der Waals surface area contributed by atoms with Crippen molar-refractivity contribution < 1.29 is 22.4 Å². The Hall–Kier alpha value is -3.14. The first kappa shape index (κ1) is 30.4. The maximum atomic E-state index is 14.6. The van der Waals surface area contributed by atoms with Crippen LogP contribution in [0.25, 0.3) is 0 Å². The molecule has 208 valence electrons. The largest absolute Gasteiger partial charge is 0.352 e. The van der Waals surface area contributed by atoms with Gasteiger partial charge in [0, 0.05) is 28.2 Å². The number of benzene rings is 3. The van der Waals surface area contributed by atoms with Crippen molar-refractivity contribution in [3.8, 4) is 0 Å². The quantitative estimate of drug-likeness (QED) is 0.311. The summed E-state index contributed by atoms with van der Waals surface area (Å²) in [5.41, 5.74) is 0.240. The second-order valence-electron chi connectivity index (χ2n) is 9.06. The van der Waals surface area contributed by atoms with E-state index in [-0.39, 0.29) is 38.8 Å². The van der Waals surface area contributed by atoms with Crippen LogP contribution in [0, 0.1) is 5.82 Å². The van der Waals surface area contributed by atoms with Crippen molar-refractivity contribution in [2.45, 2.75) is 50.7 Å². The van der Waals surface area contributed by atoms with Gasteiger partial charge < -0.3 is 10.2 Å². The lowest BCUT2D eigenvalue weighted by Gasteiger charge is -2.32. The first-order valence-electron chi connectivity index (χ1n) is 12.3. The van der Waals surface area contributed by atoms with E-state index in [1.165, 1.54) is 55.5 Å². The van der Waals surface area contributed by atoms with E-state index in [9.17, 15) is 22.4 Å². The monoisotopic (exact) mass is 593 g/mol. The van der Waals surface area contributed by atoms with Gasteiger partial charge in [-0.25, -0.2) is 12.8 Å². The van der Waals surface area contributed by atoms with E-state index in [1.807, 2.05) is 13.8 Å². The molecule has 0 aliphatic carbocycles. The van der Waals surface area contributed by atoms with Crippen LogP contribution in [0.15, 0.2) is 77.7 Å². The van der Waals surface area contributed by atoms with Crippen molar-refractivity contribution in [1.82, 2.24) is 10.2 Å². The Bertz CT molecular complexity index is 1400. The molecule has 0 aliphatic heterocycles. The van der Waals surface area contributed by atoms with Crippen molar-refractivity contribution >= 4 is 50.7 Å². The Morgan fingerprint density at radius 3 is 2.13 bits per heavy atom. The minimum absolute atomic E-state index is 0.0582.